The number of hydrogen-bond acceptors (Lipinski definition) is 6. The summed E-state index contributed by atoms with van der Waals surface area (Å²) in [6, 6.07) is 5.40. The Kier molecular flexibility index (Phi) is 8.42. The molecule has 0 unspecified atom stereocenters. The second kappa shape index (κ2) is 10.1. The molecule has 1 aromatic rings. The molecule has 0 fully saturated rings. The highest BCUT2D eigenvalue weighted by atomic mass is 17.2. The van der Waals surface area contributed by atoms with Crippen molar-refractivity contribution in [3.63, 3.8) is 0 Å². The summed E-state index contributed by atoms with van der Waals surface area (Å²) in [5, 5.41) is 0. The standard InChI is InChI=1S/C15H22O6/c1-4-12-5-6-14(19-9-7-17-2)13(11-12)15(16)21-20-10-8-18-3/h5-6,11H,4,7-10H2,1-3H3. The molecule has 1 aromatic carbocycles. The zero-order chi connectivity index (χ0) is 15.5. The van der Waals surface area contributed by atoms with Gasteiger partial charge < -0.3 is 14.2 Å². The molecule has 0 aliphatic heterocycles. The van der Waals surface area contributed by atoms with Gasteiger partial charge in [0.05, 0.1) is 13.2 Å². The third kappa shape index (κ3) is 6.12. The van der Waals surface area contributed by atoms with Crippen LogP contribution in [0.1, 0.15) is 22.8 Å². The summed E-state index contributed by atoms with van der Waals surface area (Å²) >= 11 is 0. The highest BCUT2D eigenvalue weighted by Gasteiger charge is 2.16. The Bertz CT molecular complexity index is 432. The molecule has 0 heterocycles. The minimum absolute atomic E-state index is 0.176. The molecule has 0 atom stereocenters. The SMILES string of the molecule is CCc1ccc(OCCOC)c(C(=O)OOCCOC)c1. The molecule has 0 amide bonds. The summed E-state index contributed by atoms with van der Waals surface area (Å²) in [5.41, 5.74) is 1.35. The van der Waals surface area contributed by atoms with E-state index in [4.69, 9.17) is 24.0 Å². The number of carbonyl (C=O) groups is 1. The summed E-state index contributed by atoms with van der Waals surface area (Å²) < 4.78 is 15.2. The van der Waals surface area contributed by atoms with Gasteiger partial charge in [-0.15, -0.1) is 0 Å². The van der Waals surface area contributed by atoms with Crippen LogP contribution in [0.2, 0.25) is 0 Å². The van der Waals surface area contributed by atoms with Crippen molar-refractivity contribution in [1.82, 2.24) is 0 Å². The molecular formula is C15H22O6. The van der Waals surface area contributed by atoms with E-state index in [0.29, 0.717) is 31.1 Å². The number of carbonyl (C=O) groups excluding carboxylic acids is 1. The average molecular weight is 298 g/mol. The van der Waals surface area contributed by atoms with E-state index in [-0.39, 0.29) is 6.61 Å². The topological polar surface area (TPSA) is 63.2 Å². The first-order valence-electron chi connectivity index (χ1n) is 6.80. The first-order chi connectivity index (χ1) is 10.2. The monoisotopic (exact) mass is 298 g/mol. The van der Waals surface area contributed by atoms with Crippen molar-refractivity contribution < 1.29 is 28.8 Å². The Labute approximate surface area is 124 Å². The van der Waals surface area contributed by atoms with Crippen LogP contribution in [0.15, 0.2) is 18.2 Å². The van der Waals surface area contributed by atoms with Crippen molar-refractivity contribution in [3.05, 3.63) is 29.3 Å². The van der Waals surface area contributed by atoms with E-state index in [0.717, 1.165) is 12.0 Å². The van der Waals surface area contributed by atoms with E-state index >= 15 is 0 Å². The van der Waals surface area contributed by atoms with Gasteiger partial charge in [-0.3, -0.25) is 4.89 Å². The quantitative estimate of drug-likeness (QED) is 0.374. The van der Waals surface area contributed by atoms with Crippen molar-refractivity contribution in [2.24, 2.45) is 0 Å². The maximum atomic E-state index is 12.0. The predicted molar refractivity (Wildman–Crippen MR) is 76.4 cm³/mol. The van der Waals surface area contributed by atoms with Gasteiger partial charge in [0.25, 0.3) is 0 Å². The number of ether oxygens (including phenoxy) is 3. The molecule has 0 aromatic heterocycles. The van der Waals surface area contributed by atoms with Crippen molar-refractivity contribution in [2.45, 2.75) is 13.3 Å². The van der Waals surface area contributed by atoms with Crippen LogP contribution < -0.4 is 4.74 Å². The number of methoxy groups -OCH3 is 2. The van der Waals surface area contributed by atoms with Gasteiger partial charge in [-0.2, -0.15) is 4.89 Å². The highest BCUT2D eigenvalue weighted by molar-refractivity contribution is 5.92. The van der Waals surface area contributed by atoms with Crippen molar-refractivity contribution >= 4 is 5.97 Å². The molecule has 0 bridgehead atoms. The van der Waals surface area contributed by atoms with E-state index in [1.807, 2.05) is 13.0 Å². The van der Waals surface area contributed by atoms with Crippen molar-refractivity contribution in [2.75, 3.05) is 40.6 Å². The third-order valence-corrected chi connectivity index (χ3v) is 2.72. The summed E-state index contributed by atoms with van der Waals surface area (Å²) in [7, 11) is 3.13. The molecule has 0 aliphatic carbocycles. The van der Waals surface area contributed by atoms with Crippen molar-refractivity contribution in [1.29, 1.82) is 0 Å². The van der Waals surface area contributed by atoms with Crippen LogP contribution in [0.4, 0.5) is 0 Å². The zero-order valence-electron chi connectivity index (χ0n) is 12.7. The predicted octanol–water partition coefficient (Wildman–Crippen LogP) is 2.01. The van der Waals surface area contributed by atoms with Gasteiger partial charge in [-0.25, -0.2) is 4.79 Å². The third-order valence-electron chi connectivity index (χ3n) is 2.72. The largest absolute Gasteiger partial charge is 0.490 e. The molecule has 6 heteroatoms. The summed E-state index contributed by atoms with van der Waals surface area (Å²) in [4.78, 5) is 21.6. The van der Waals surface area contributed by atoms with Gasteiger partial charge in [0.1, 0.15) is 24.5 Å². The van der Waals surface area contributed by atoms with Crippen LogP contribution in [0.3, 0.4) is 0 Å². The minimum Gasteiger partial charge on any atom is -0.490 e. The first kappa shape index (κ1) is 17.4. The number of rotatable bonds is 10. The summed E-state index contributed by atoms with van der Waals surface area (Å²) in [6.45, 7) is 3.32. The molecule has 0 radical (unpaired) electrons. The molecule has 6 nitrogen and oxygen atoms in total. The Morgan fingerprint density at radius 2 is 1.76 bits per heavy atom. The fraction of sp³-hybridized carbons (Fsp3) is 0.533. The second-order valence-corrected chi connectivity index (χ2v) is 4.21. The number of hydrogen-bond donors (Lipinski definition) is 0. The molecule has 21 heavy (non-hydrogen) atoms. The lowest BCUT2D eigenvalue weighted by Crippen LogP contribution is -2.13. The van der Waals surface area contributed by atoms with Crippen LogP contribution in [0, 0.1) is 0 Å². The molecule has 118 valence electrons. The lowest BCUT2D eigenvalue weighted by atomic mass is 10.1. The van der Waals surface area contributed by atoms with Gasteiger partial charge in [-0.05, 0) is 24.1 Å². The highest BCUT2D eigenvalue weighted by Crippen LogP contribution is 2.22. The van der Waals surface area contributed by atoms with E-state index in [1.165, 1.54) is 7.11 Å². The van der Waals surface area contributed by atoms with E-state index in [9.17, 15) is 4.79 Å². The van der Waals surface area contributed by atoms with Crippen molar-refractivity contribution in [3.8, 4) is 5.75 Å². The number of aryl methyl sites for hydroxylation is 1. The first-order valence-corrected chi connectivity index (χ1v) is 6.80. The fourth-order valence-electron chi connectivity index (χ4n) is 1.57. The zero-order valence-corrected chi connectivity index (χ0v) is 12.7. The van der Waals surface area contributed by atoms with E-state index < -0.39 is 5.97 Å². The van der Waals surface area contributed by atoms with Gasteiger partial charge in [0.2, 0.25) is 0 Å². The van der Waals surface area contributed by atoms with Gasteiger partial charge in [0.15, 0.2) is 0 Å². The van der Waals surface area contributed by atoms with E-state index in [2.05, 4.69) is 0 Å². The minimum atomic E-state index is -0.589. The lowest BCUT2D eigenvalue weighted by Gasteiger charge is -2.11. The Morgan fingerprint density at radius 1 is 1.05 bits per heavy atom. The molecule has 0 saturated carbocycles. The smallest absolute Gasteiger partial charge is 0.376 e. The lowest BCUT2D eigenvalue weighted by molar-refractivity contribution is -0.246. The molecule has 0 aliphatic rings. The fourth-order valence-corrected chi connectivity index (χ4v) is 1.57. The Hall–Kier alpha value is -1.63. The molecule has 0 N–H and O–H groups in total. The maximum absolute atomic E-state index is 12.0. The molecule has 0 spiro atoms. The van der Waals surface area contributed by atoms with Crippen LogP contribution in [0.25, 0.3) is 0 Å². The number of benzene rings is 1. The molecule has 1 rings (SSSR count). The van der Waals surface area contributed by atoms with Crippen LogP contribution in [-0.4, -0.2) is 46.6 Å². The van der Waals surface area contributed by atoms with Crippen LogP contribution >= 0.6 is 0 Å². The Balaban J connectivity index is 2.72. The Morgan fingerprint density at radius 3 is 2.43 bits per heavy atom. The summed E-state index contributed by atoms with van der Waals surface area (Å²) in [6.07, 6.45) is 0.809. The van der Waals surface area contributed by atoms with Gasteiger partial charge in [0, 0.05) is 14.2 Å². The molecule has 0 saturated heterocycles. The normalized spacial score (nSPS) is 10.4. The van der Waals surface area contributed by atoms with Gasteiger partial charge >= 0.3 is 5.97 Å². The molecular weight excluding hydrogens is 276 g/mol. The van der Waals surface area contributed by atoms with Gasteiger partial charge in [-0.1, -0.05) is 13.0 Å². The van der Waals surface area contributed by atoms with Crippen LogP contribution in [-0.2, 0) is 25.7 Å². The maximum Gasteiger partial charge on any atom is 0.376 e. The van der Waals surface area contributed by atoms with Crippen LogP contribution in [0.5, 0.6) is 5.75 Å². The van der Waals surface area contributed by atoms with E-state index in [1.54, 1.807) is 19.2 Å². The summed E-state index contributed by atoms with van der Waals surface area (Å²) in [5.74, 6) is -0.140. The second-order valence-electron chi connectivity index (χ2n) is 4.21. The average Bonchev–Trinajstić information content (AvgIpc) is 2.51.